The molecule has 0 fully saturated rings. The summed E-state index contributed by atoms with van der Waals surface area (Å²) in [6, 6.07) is 6.89. The molecule has 0 aliphatic carbocycles. The van der Waals surface area contributed by atoms with Gasteiger partial charge < -0.3 is 5.11 Å². The second-order valence-electron chi connectivity index (χ2n) is 2.67. The summed E-state index contributed by atoms with van der Waals surface area (Å²) in [6.07, 6.45) is 1.71. The highest BCUT2D eigenvalue weighted by molar-refractivity contribution is 5.83. The van der Waals surface area contributed by atoms with Gasteiger partial charge in [-0.15, -0.1) is 0 Å². The van der Waals surface area contributed by atoms with Gasteiger partial charge in [0.25, 0.3) is 0 Å². The van der Waals surface area contributed by atoms with Crippen molar-refractivity contribution in [2.24, 2.45) is 0 Å². The Morgan fingerprint density at radius 1 is 1.25 bits per heavy atom. The van der Waals surface area contributed by atoms with Crippen LogP contribution in [0.3, 0.4) is 0 Å². The molecular formula is C10H8NO. The maximum absolute atomic E-state index is 9.20. The summed E-state index contributed by atoms with van der Waals surface area (Å²) in [5.74, 6) is 0.250. The number of aromatic hydroxyl groups is 1. The van der Waals surface area contributed by atoms with Crippen molar-refractivity contribution >= 4 is 10.9 Å². The Balaban J connectivity index is 2.88. The number of pyridine rings is 1. The molecule has 1 aromatic heterocycles. The van der Waals surface area contributed by atoms with Crippen LogP contribution in [0.25, 0.3) is 10.9 Å². The fourth-order valence-corrected chi connectivity index (χ4v) is 1.19. The Kier molecular flexibility index (Phi) is 1.47. The van der Waals surface area contributed by atoms with E-state index in [0.717, 1.165) is 16.5 Å². The molecule has 1 aromatic carbocycles. The molecule has 0 bridgehead atoms. The molecule has 2 aromatic rings. The van der Waals surface area contributed by atoms with Crippen molar-refractivity contribution in [2.45, 2.75) is 0 Å². The summed E-state index contributed by atoms with van der Waals surface area (Å²) >= 11 is 0. The summed E-state index contributed by atoms with van der Waals surface area (Å²) in [5.41, 5.74) is 1.75. The second kappa shape index (κ2) is 2.48. The molecule has 2 nitrogen and oxygen atoms in total. The molecule has 0 aliphatic rings. The van der Waals surface area contributed by atoms with Gasteiger partial charge >= 0.3 is 0 Å². The van der Waals surface area contributed by atoms with E-state index in [9.17, 15) is 5.11 Å². The van der Waals surface area contributed by atoms with E-state index < -0.39 is 0 Å². The number of aromatic nitrogens is 1. The molecule has 1 N–H and O–H groups in total. The molecule has 0 saturated carbocycles. The largest absolute Gasteiger partial charge is 0.508 e. The first kappa shape index (κ1) is 7.10. The number of rotatable bonds is 0. The van der Waals surface area contributed by atoms with Crippen LogP contribution >= 0.6 is 0 Å². The highest BCUT2D eigenvalue weighted by Gasteiger charge is 1.97. The van der Waals surface area contributed by atoms with E-state index in [0.29, 0.717) is 0 Å². The molecule has 2 rings (SSSR count). The molecule has 0 aliphatic heterocycles. The minimum absolute atomic E-state index is 0.250. The van der Waals surface area contributed by atoms with E-state index in [4.69, 9.17) is 0 Å². The number of hydrogen-bond acceptors (Lipinski definition) is 2. The first-order chi connectivity index (χ1) is 5.77. The topological polar surface area (TPSA) is 33.1 Å². The van der Waals surface area contributed by atoms with Crippen molar-refractivity contribution in [3.63, 3.8) is 0 Å². The Bertz CT molecular complexity index is 423. The van der Waals surface area contributed by atoms with E-state index in [1.807, 2.05) is 6.07 Å². The Labute approximate surface area is 70.5 Å². The van der Waals surface area contributed by atoms with Gasteiger partial charge in [-0.3, -0.25) is 4.98 Å². The lowest BCUT2D eigenvalue weighted by atomic mass is 10.1. The van der Waals surface area contributed by atoms with Crippen molar-refractivity contribution in [2.75, 3.05) is 0 Å². The average Bonchev–Trinajstić information content (AvgIpc) is 2.07. The molecule has 0 atom stereocenters. The summed E-state index contributed by atoms with van der Waals surface area (Å²) in [6.45, 7) is 3.84. The predicted octanol–water partition coefficient (Wildman–Crippen LogP) is 2.12. The van der Waals surface area contributed by atoms with Gasteiger partial charge in [-0.2, -0.15) is 0 Å². The molecule has 12 heavy (non-hydrogen) atoms. The number of nitrogens with zero attached hydrogens (tertiary/aromatic N) is 1. The highest BCUT2D eigenvalue weighted by Crippen LogP contribution is 2.20. The van der Waals surface area contributed by atoms with E-state index in [1.165, 1.54) is 0 Å². The third-order valence-electron chi connectivity index (χ3n) is 1.82. The fourth-order valence-electron chi connectivity index (χ4n) is 1.19. The lowest BCUT2D eigenvalue weighted by Gasteiger charge is -2.00. The van der Waals surface area contributed by atoms with Crippen LogP contribution in [-0.2, 0) is 0 Å². The lowest BCUT2D eigenvalue weighted by Crippen LogP contribution is -1.80. The van der Waals surface area contributed by atoms with Crippen molar-refractivity contribution in [3.8, 4) is 5.75 Å². The van der Waals surface area contributed by atoms with Gasteiger partial charge in [0, 0.05) is 11.6 Å². The molecule has 0 spiro atoms. The maximum Gasteiger partial charge on any atom is 0.116 e. The van der Waals surface area contributed by atoms with Gasteiger partial charge in [-0.05, 0) is 36.8 Å². The minimum Gasteiger partial charge on any atom is -0.508 e. The van der Waals surface area contributed by atoms with Gasteiger partial charge in [-0.25, -0.2) is 0 Å². The number of hydrogen-bond donors (Lipinski definition) is 1. The third-order valence-corrected chi connectivity index (χ3v) is 1.82. The van der Waals surface area contributed by atoms with Crippen LogP contribution in [0.15, 0.2) is 30.5 Å². The zero-order valence-corrected chi connectivity index (χ0v) is 6.49. The first-order valence-electron chi connectivity index (χ1n) is 3.67. The average molecular weight is 158 g/mol. The Morgan fingerprint density at radius 2 is 2.08 bits per heavy atom. The Hall–Kier alpha value is -1.57. The van der Waals surface area contributed by atoms with Crippen LogP contribution in [0.2, 0.25) is 0 Å². The molecule has 0 unspecified atom stereocenters. The van der Waals surface area contributed by atoms with Crippen molar-refractivity contribution in [3.05, 3.63) is 42.9 Å². The number of phenols is 1. The van der Waals surface area contributed by atoms with E-state index in [2.05, 4.69) is 11.9 Å². The van der Waals surface area contributed by atoms with Gasteiger partial charge in [0.05, 0.1) is 5.52 Å². The standard InChI is InChI=1S/C10H8NO/c1-7-4-5-11-10-3-2-8(12)6-9(7)10/h2-6,12H,1H2. The van der Waals surface area contributed by atoms with E-state index in [-0.39, 0.29) is 5.75 Å². The van der Waals surface area contributed by atoms with Crippen LogP contribution in [0.4, 0.5) is 0 Å². The maximum atomic E-state index is 9.20. The van der Waals surface area contributed by atoms with Gasteiger partial charge in [0.1, 0.15) is 5.75 Å². The van der Waals surface area contributed by atoms with Gasteiger partial charge in [0.15, 0.2) is 0 Å². The van der Waals surface area contributed by atoms with Crippen LogP contribution < -0.4 is 0 Å². The summed E-state index contributed by atoms with van der Waals surface area (Å²) in [5, 5.41) is 10.1. The van der Waals surface area contributed by atoms with Gasteiger partial charge in [-0.1, -0.05) is 0 Å². The summed E-state index contributed by atoms with van der Waals surface area (Å²) < 4.78 is 0. The predicted molar refractivity (Wildman–Crippen MR) is 47.9 cm³/mol. The zero-order chi connectivity index (χ0) is 8.55. The normalized spacial score (nSPS) is 10.4. The van der Waals surface area contributed by atoms with Crippen LogP contribution in [0, 0.1) is 6.92 Å². The highest BCUT2D eigenvalue weighted by atomic mass is 16.3. The molecule has 0 saturated heterocycles. The SMILES string of the molecule is [CH2]c1ccnc2ccc(O)cc12. The molecule has 1 radical (unpaired) electrons. The number of fused-ring (bicyclic) bond motifs is 1. The molecule has 1 heterocycles. The van der Waals surface area contributed by atoms with Crippen molar-refractivity contribution in [1.29, 1.82) is 0 Å². The third kappa shape index (κ3) is 1.01. The molecule has 0 amide bonds. The second-order valence-corrected chi connectivity index (χ2v) is 2.67. The van der Waals surface area contributed by atoms with Gasteiger partial charge in [0.2, 0.25) is 0 Å². The smallest absolute Gasteiger partial charge is 0.116 e. The minimum atomic E-state index is 0.250. The number of benzene rings is 1. The van der Waals surface area contributed by atoms with Crippen LogP contribution in [0.5, 0.6) is 5.75 Å². The Morgan fingerprint density at radius 3 is 2.92 bits per heavy atom. The van der Waals surface area contributed by atoms with E-state index in [1.54, 1.807) is 24.4 Å². The molecular weight excluding hydrogens is 150 g/mol. The monoisotopic (exact) mass is 158 g/mol. The zero-order valence-electron chi connectivity index (χ0n) is 6.49. The number of phenolic OH excluding ortho intramolecular Hbond substituents is 1. The van der Waals surface area contributed by atoms with Crippen molar-refractivity contribution in [1.82, 2.24) is 4.98 Å². The fraction of sp³-hybridized carbons (Fsp3) is 0. The summed E-state index contributed by atoms with van der Waals surface area (Å²) in [4.78, 5) is 4.13. The van der Waals surface area contributed by atoms with E-state index >= 15 is 0 Å². The quantitative estimate of drug-likeness (QED) is 0.637. The van der Waals surface area contributed by atoms with Crippen LogP contribution in [0.1, 0.15) is 5.56 Å². The first-order valence-corrected chi connectivity index (χ1v) is 3.67. The van der Waals surface area contributed by atoms with Crippen molar-refractivity contribution < 1.29 is 5.11 Å². The molecule has 2 heteroatoms. The molecule has 59 valence electrons. The van der Waals surface area contributed by atoms with Crippen LogP contribution in [-0.4, -0.2) is 10.1 Å². The lowest BCUT2D eigenvalue weighted by molar-refractivity contribution is 0.476. The summed E-state index contributed by atoms with van der Waals surface area (Å²) in [7, 11) is 0.